The zero-order chi connectivity index (χ0) is 11.9. The first-order valence-electron chi connectivity index (χ1n) is 4.62. The van der Waals surface area contributed by atoms with E-state index in [1.54, 1.807) is 13.8 Å². The molecule has 0 aliphatic carbocycles. The van der Waals surface area contributed by atoms with Gasteiger partial charge in [0.15, 0.2) is 0 Å². The average Bonchev–Trinajstić information content (AvgIpc) is 2.11. The standard InChI is InChI=1S/C11H16O4/c1-4-5-8-11(2,3)15-10(14)7-6-9(12)13/h4-7H,8H2,1-3H3,(H,12,13). The van der Waals surface area contributed by atoms with E-state index in [0.717, 1.165) is 12.2 Å². The number of hydrogen-bond acceptors (Lipinski definition) is 3. The highest BCUT2D eigenvalue weighted by Crippen LogP contribution is 2.15. The smallest absolute Gasteiger partial charge is 0.331 e. The Morgan fingerprint density at radius 3 is 2.40 bits per heavy atom. The summed E-state index contributed by atoms with van der Waals surface area (Å²) in [5.41, 5.74) is -0.619. The van der Waals surface area contributed by atoms with Gasteiger partial charge < -0.3 is 9.84 Å². The quantitative estimate of drug-likeness (QED) is 0.429. The third kappa shape index (κ3) is 7.49. The fraction of sp³-hybridized carbons (Fsp3) is 0.455. The zero-order valence-corrected chi connectivity index (χ0v) is 9.19. The van der Waals surface area contributed by atoms with Crippen molar-refractivity contribution in [3.63, 3.8) is 0 Å². The number of aliphatic carboxylic acids is 1. The van der Waals surface area contributed by atoms with E-state index in [2.05, 4.69) is 0 Å². The lowest BCUT2D eigenvalue weighted by Gasteiger charge is -2.22. The molecule has 1 N–H and O–H groups in total. The molecule has 0 heterocycles. The van der Waals surface area contributed by atoms with Gasteiger partial charge in [-0.1, -0.05) is 12.2 Å². The van der Waals surface area contributed by atoms with Crippen LogP contribution in [0.4, 0.5) is 0 Å². The second kappa shape index (κ2) is 6.01. The summed E-state index contributed by atoms with van der Waals surface area (Å²) in [6.45, 7) is 5.40. The third-order valence-corrected chi connectivity index (χ3v) is 1.58. The number of rotatable bonds is 5. The first-order valence-corrected chi connectivity index (χ1v) is 4.62. The molecule has 0 spiro atoms. The van der Waals surface area contributed by atoms with E-state index < -0.39 is 17.5 Å². The van der Waals surface area contributed by atoms with Crippen molar-refractivity contribution >= 4 is 11.9 Å². The molecule has 0 fully saturated rings. The highest BCUT2D eigenvalue weighted by Gasteiger charge is 2.19. The lowest BCUT2D eigenvalue weighted by Crippen LogP contribution is -2.26. The van der Waals surface area contributed by atoms with Gasteiger partial charge >= 0.3 is 11.9 Å². The van der Waals surface area contributed by atoms with Gasteiger partial charge in [-0.3, -0.25) is 0 Å². The Labute approximate surface area is 89.2 Å². The van der Waals surface area contributed by atoms with Gasteiger partial charge in [-0.25, -0.2) is 9.59 Å². The molecule has 4 nitrogen and oxygen atoms in total. The van der Waals surface area contributed by atoms with Crippen molar-refractivity contribution in [2.75, 3.05) is 0 Å². The Kier molecular flexibility index (Phi) is 5.37. The molecule has 0 bridgehead atoms. The Morgan fingerprint density at radius 2 is 1.93 bits per heavy atom. The van der Waals surface area contributed by atoms with Crippen LogP contribution in [-0.4, -0.2) is 22.6 Å². The van der Waals surface area contributed by atoms with Gasteiger partial charge in [0.05, 0.1) is 0 Å². The maximum atomic E-state index is 11.1. The molecule has 4 heteroatoms. The van der Waals surface area contributed by atoms with Crippen LogP contribution in [0, 0.1) is 0 Å². The molecule has 0 aromatic heterocycles. The summed E-state index contributed by atoms with van der Waals surface area (Å²) in [6.07, 6.45) is 6.00. The summed E-state index contributed by atoms with van der Waals surface area (Å²) in [6, 6.07) is 0. The van der Waals surface area contributed by atoms with Crippen LogP contribution in [0.2, 0.25) is 0 Å². The second-order valence-electron chi connectivity index (χ2n) is 3.63. The number of esters is 1. The Morgan fingerprint density at radius 1 is 1.33 bits per heavy atom. The Hall–Kier alpha value is -1.58. The van der Waals surface area contributed by atoms with Gasteiger partial charge in [0, 0.05) is 18.6 Å². The normalized spacial score (nSPS) is 12.2. The van der Waals surface area contributed by atoms with E-state index >= 15 is 0 Å². The Bertz CT molecular complexity index is 287. The van der Waals surface area contributed by atoms with Gasteiger partial charge in [0.2, 0.25) is 0 Å². The molecule has 0 unspecified atom stereocenters. The molecule has 0 aliphatic rings. The minimum absolute atomic E-state index is 0.593. The number of carboxylic acid groups (broad SMARTS) is 1. The van der Waals surface area contributed by atoms with Gasteiger partial charge in [0.25, 0.3) is 0 Å². The van der Waals surface area contributed by atoms with Crippen molar-refractivity contribution in [2.24, 2.45) is 0 Å². The first kappa shape index (κ1) is 13.4. The molecule has 0 aromatic carbocycles. The van der Waals surface area contributed by atoms with E-state index in [-0.39, 0.29) is 0 Å². The number of hydrogen-bond donors (Lipinski definition) is 1. The zero-order valence-electron chi connectivity index (χ0n) is 9.19. The molecule has 0 atom stereocenters. The number of ether oxygens (including phenoxy) is 1. The molecule has 0 saturated carbocycles. The van der Waals surface area contributed by atoms with Crippen molar-refractivity contribution in [2.45, 2.75) is 32.8 Å². The molecular weight excluding hydrogens is 196 g/mol. The molecule has 0 aliphatic heterocycles. The molecule has 0 saturated heterocycles. The second-order valence-corrected chi connectivity index (χ2v) is 3.63. The van der Waals surface area contributed by atoms with Crippen molar-refractivity contribution in [1.29, 1.82) is 0 Å². The van der Waals surface area contributed by atoms with Gasteiger partial charge in [-0.2, -0.15) is 0 Å². The van der Waals surface area contributed by atoms with Gasteiger partial charge in [0.1, 0.15) is 5.60 Å². The molecule has 0 amide bonds. The fourth-order valence-corrected chi connectivity index (χ4v) is 0.889. The Balaban J connectivity index is 4.21. The average molecular weight is 212 g/mol. The predicted molar refractivity (Wildman–Crippen MR) is 56.4 cm³/mol. The monoisotopic (exact) mass is 212 g/mol. The number of carboxylic acids is 1. The van der Waals surface area contributed by atoms with Crippen LogP contribution in [0.25, 0.3) is 0 Å². The number of carbonyl (C=O) groups is 2. The van der Waals surface area contributed by atoms with Crippen molar-refractivity contribution in [3.8, 4) is 0 Å². The maximum absolute atomic E-state index is 11.1. The van der Waals surface area contributed by atoms with Crippen LogP contribution < -0.4 is 0 Å². The van der Waals surface area contributed by atoms with Crippen LogP contribution in [0.5, 0.6) is 0 Å². The van der Waals surface area contributed by atoms with Gasteiger partial charge in [-0.05, 0) is 20.8 Å². The minimum Gasteiger partial charge on any atom is -0.478 e. The predicted octanol–water partition coefficient (Wildman–Crippen LogP) is 1.92. The SMILES string of the molecule is CC=CCC(C)(C)OC(=O)C=CC(=O)O. The maximum Gasteiger partial charge on any atom is 0.331 e. The fourth-order valence-electron chi connectivity index (χ4n) is 0.889. The summed E-state index contributed by atoms with van der Waals surface area (Å²) in [5, 5.41) is 8.30. The lowest BCUT2D eigenvalue weighted by atomic mass is 10.1. The summed E-state index contributed by atoms with van der Waals surface area (Å²) in [5.74, 6) is -1.81. The molecule has 0 rings (SSSR count). The van der Waals surface area contributed by atoms with E-state index in [1.165, 1.54) is 0 Å². The van der Waals surface area contributed by atoms with Crippen LogP contribution in [0.3, 0.4) is 0 Å². The summed E-state index contributed by atoms with van der Waals surface area (Å²) < 4.78 is 5.05. The summed E-state index contributed by atoms with van der Waals surface area (Å²) in [7, 11) is 0. The highest BCUT2D eigenvalue weighted by molar-refractivity contribution is 5.90. The molecule has 0 aromatic rings. The molecule has 84 valence electrons. The summed E-state index contributed by atoms with van der Waals surface area (Å²) >= 11 is 0. The minimum atomic E-state index is -1.17. The number of carbonyl (C=O) groups excluding carboxylic acids is 1. The van der Waals surface area contributed by atoms with E-state index in [1.807, 2.05) is 19.1 Å². The van der Waals surface area contributed by atoms with Crippen LogP contribution in [-0.2, 0) is 14.3 Å². The van der Waals surface area contributed by atoms with Crippen molar-refractivity contribution in [3.05, 3.63) is 24.3 Å². The molecular formula is C11H16O4. The largest absolute Gasteiger partial charge is 0.478 e. The van der Waals surface area contributed by atoms with Crippen LogP contribution in [0.15, 0.2) is 24.3 Å². The number of allylic oxidation sites excluding steroid dienone is 1. The topological polar surface area (TPSA) is 63.6 Å². The van der Waals surface area contributed by atoms with Crippen molar-refractivity contribution < 1.29 is 19.4 Å². The van der Waals surface area contributed by atoms with E-state index in [4.69, 9.17) is 9.84 Å². The van der Waals surface area contributed by atoms with Crippen LogP contribution >= 0.6 is 0 Å². The molecule has 15 heavy (non-hydrogen) atoms. The van der Waals surface area contributed by atoms with Gasteiger partial charge in [-0.15, -0.1) is 0 Å². The third-order valence-electron chi connectivity index (χ3n) is 1.58. The molecule has 0 radical (unpaired) electrons. The van der Waals surface area contributed by atoms with Crippen LogP contribution in [0.1, 0.15) is 27.2 Å². The van der Waals surface area contributed by atoms with E-state index in [9.17, 15) is 9.59 Å². The first-order chi connectivity index (χ1) is 6.87. The van der Waals surface area contributed by atoms with Crippen molar-refractivity contribution in [1.82, 2.24) is 0 Å². The summed E-state index contributed by atoms with van der Waals surface area (Å²) in [4.78, 5) is 21.3. The van der Waals surface area contributed by atoms with E-state index in [0.29, 0.717) is 6.42 Å². The lowest BCUT2D eigenvalue weighted by molar-refractivity contribution is -0.150. The highest BCUT2D eigenvalue weighted by atomic mass is 16.6.